The molecule has 6 nitrogen and oxygen atoms in total. The molecule has 100 valence electrons. The largest absolute Gasteiger partial charge is 0.478 e. The molecule has 1 amide bonds. The first kappa shape index (κ1) is 14.7. The van der Waals surface area contributed by atoms with E-state index >= 15 is 0 Å². The SMILES string of the molecule is Cc1cc(C(=O)O)c(NC(=O)CCS(C)(=O)=O)s1. The van der Waals surface area contributed by atoms with Crippen molar-refractivity contribution in [1.82, 2.24) is 0 Å². The molecule has 0 atom stereocenters. The highest BCUT2D eigenvalue weighted by molar-refractivity contribution is 7.90. The van der Waals surface area contributed by atoms with E-state index in [0.29, 0.717) is 0 Å². The lowest BCUT2D eigenvalue weighted by molar-refractivity contribution is -0.115. The highest BCUT2D eigenvalue weighted by Crippen LogP contribution is 2.27. The van der Waals surface area contributed by atoms with Crippen LogP contribution in [-0.2, 0) is 14.6 Å². The summed E-state index contributed by atoms with van der Waals surface area (Å²) in [6, 6.07) is 1.46. The second kappa shape index (κ2) is 5.49. The minimum absolute atomic E-state index is 0.0187. The molecule has 0 bridgehead atoms. The zero-order valence-electron chi connectivity index (χ0n) is 9.89. The quantitative estimate of drug-likeness (QED) is 0.847. The first-order valence-electron chi connectivity index (χ1n) is 5.00. The van der Waals surface area contributed by atoms with Crippen molar-refractivity contribution >= 4 is 38.1 Å². The fourth-order valence-electron chi connectivity index (χ4n) is 1.23. The molecule has 1 aromatic heterocycles. The number of hydrogen-bond acceptors (Lipinski definition) is 5. The zero-order valence-corrected chi connectivity index (χ0v) is 11.5. The Kier molecular flexibility index (Phi) is 4.47. The van der Waals surface area contributed by atoms with E-state index in [4.69, 9.17) is 5.11 Å². The van der Waals surface area contributed by atoms with Crippen molar-refractivity contribution in [1.29, 1.82) is 0 Å². The number of carbonyl (C=O) groups excluding carboxylic acids is 1. The van der Waals surface area contributed by atoms with Gasteiger partial charge in [-0.1, -0.05) is 0 Å². The topological polar surface area (TPSA) is 101 Å². The molecule has 1 aromatic rings. The summed E-state index contributed by atoms with van der Waals surface area (Å²) >= 11 is 1.14. The van der Waals surface area contributed by atoms with Crippen LogP contribution >= 0.6 is 11.3 Å². The van der Waals surface area contributed by atoms with Gasteiger partial charge in [0.05, 0.1) is 11.3 Å². The van der Waals surface area contributed by atoms with E-state index in [0.717, 1.165) is 22.5 Å². The third-order valence-electron chi connectivity index (χ3n) is 2.04. The van der Waals surface area contributed by atoms with Gasteiger partial charge in [0.25, 0.3) is 0 Å². The number of amides is 1. The van der Waals surface area contributed by atoms with E-state index in [9.17, 15) is 18.0 Å². The number of rotatable bonds is 5. The number of carboxylic acid groups (broad SMARTS) is 1. The van der Waals surface area contributed by atoms with Gasteiger partial charge >= 0.3 is 5.97 Å². The Morgan fingerprint density at radius 2 is 2.06 bits per heavy atom. The Hall–Kier alpha value is -1.41. The van der Waals surface area contributed by atoms with Crippen LogP contribution < -0.4 is 5.32 Å². The molecule has 0 saturated carbocycles. The van der Waals surface area contributed by atoms with Crippen molar-refractivity contribution in [2.75, 3.05) is 17.3 Å². The predicted molar refractivity (Wildman–Crippen MR) is 69.0 cm³/mol. The Morgan fingerprint density at radius 1 is 1.44 bits per heavy atom. The minimum Gasteiger partial charge on any atom is -0.478 e. The lowest BCUT2D eigenvalue weighted by Gasteiger charge is -2.03. The summed E-state index contributed by atoms with van der Waals surface area (Å²) < 4.78 is 21.8. The number of aromatic carboxylic acids is 1. The molecule has 0 fully saturated rings. The summed E-state index contributed by atoms with van der Waals surface area (Å²) in [7, 11) is -3.21. The molecular formula is C10H13NO5S2. The van der Waals surface area contributed by atoms with Gasteiger partial charge in [-0.05, 0) is 13.0 Å². The standard InChI is InChI=1S/C10H13NO5S2/c1-6-5-7(10(13)14)9(17-6)11-8(12)3-4-18(2,15)16/h5H,3-4H2,1-2H3,(H,11,12)(H,13,14). The first-order chi connectivity index (χ1) is 8.19. The summed E-state index contributed by atoms with van der Waals surface area (Å²) in [5, 5.41) is 11.6. The van der Waals surface area contributed by atoms with Crippen LogP contribution in [0.25, 0.3) is 0 Å². The zero-order chi connectivity index (χ0) is 13.9. The summed E-state index contributed by atoms with van der Waals surface area (Å²) in [5.74, 6) is -1.89. The van der Waals surface area contributed by atoms with Gasteiger partial charge in [-0.15, -0.1) is 11.3 Å². The van der Waals surface area contributed by atoms with Gasteiger partial charge in [-0.25, -0.2) is 13.2 Å². The predicted octanol–water partition coefficient (Wildman–Crippen LogP) is 1.13. The molecule has 0 aliphatic rings. The van der Waals surface area contributed by atoms with E-state index in [-0.39, 0.29) is 22.7 Å². The Labute approximate surface area is 109 Å². The highest BCUT2D eigenvalue weighted by Gasteiger charge is 2.16. The van der Waals surface area contributed by atoms with Crippen molar-refractivity contribution in [2.45, 2.75) is 13.3 Å². The molecule has 2 N–H and O–H groups in total. The molecule has 18 heavy (non-hydrogen) atoms. The molecule has 0 aliphatic carbocycles. The number of sulfone groups is 1. The third-order valence-corrected chi connectivity index (χ3v) is 3.95. The fourth-order valence-corrected chi connectivity index (χ4v) is 2.71. The van der Waals surface area contributed by atoms with E-state index in [2.05, 4.69) is 5.32 Å². The average Bonchev–Trinajstić information content (AvgIpc) is 2.55. The van der Waals surface area contributed by atoms with Gasteiger partial charge < -0.3 is 10.4 Å². The number of hydrogen-bond donors (Lipinski definition) is 2. The van der Waals surface area contributed by atoms with Crippen LogP contribution in [0.4, 0.5) is 5.00 Å². The maximum Gasteiger partial charge on any atom is 0.338 e. The molecule has 0 radical (unpaired) electrons. The van der Waals surface area contributed by atoms with Gasteiger partial charge in [-0.3, -0.25) is 4.79 Å². The Balaban J connectivity index is 2.73. The monoisotopic (exact) mass is 291 g/mol. The van der Waals surface area contributed by atoms with Crippen molar-refractivity contribution in [2.24, 2.45) is 0 Å². The highest BCUT2D eigenvalue weighted by atomic mass is 32.2. The van der Waals surface area contributed by atoms with Crippen molar-refractivity contribution < 1.29 is 23.1 Å². The smallest absolute Gasteiger partial charge is 0.338 e. The Bertz CT molecular complexity index is 573. The van der Waals surface area contributed by atoms with Crippen molar-refractivity contribution in [3.63, 3.8) is 0 Å². The van der Waals surface area contributed by atoms with Crippen molar-refractivity contribution in [3.05, 3.63) is 16.5 Å². The third kappa shape index (κ3) is 4.46. The van der Waals surface area contributed by atoms with Gasteiger partial charge in [0.2, 0.25) is 5.91 Å². The Morgan fingerprint density at radius 3 is 2.56 bits per heavy atom. The van der Waals surface area contributed by atoms with Gasteiger partial charge in [0.15, 0.2) is 0 Å². The second-order valence-electron chi connectivity index (χ2n) is 3.83. The van der Waals surface area contributed by atoms with E-state index < -0.39 is 21.7 Å². The van der Waals surface area contributed by atoms with Crippen molar-refractivity contribution in [3.8, 4) is 0 Å². The molecule has 1 rings (SSSR count). The van der Waals surface area contributed by atoms with Crippen LogP contribution in [0.1, 0.15) is 21.7 Å². The maximum absolute atomic E-state index is 11.5. The van der Waals surface area contributed by atoms with Crippen LogP contribution in [0, 0.1) is 6.92 Å². The molecule has 0 saturated heterocycles. The van der Waals surface area contributed by atoms with Gasteiger partial charge in [-0.2, -0.15) is 0 Å². The van der Waals surface area contributed by atoms with E-state index in [1.165, 1.54) is 6.07 Å². The number of carboxylic acids is 1. The fraction of sp³-hybridized carbons (Fsp3) is 0.400. The lowest BCUT2D eigenvalue weighted by atomic mass is 10.3. The summed E-state index contributed by atoms with van der Waals surface area (Å²) in [5.41, 5.74) is 0.0187. The van der Waals surface area contributed by atoms with Gasteiger partial charge in [0, 0.05) is 17.6 Å². The molecule has 1 heterocycles. The molecule has 0 aromatic carbocycles. The number of carbonyl (C=O) groups is 2. The van der Waals surface area contributed by atoms with E-state index in [1.807, 2.05) is 0 Å². The second-order valence-corrected chi connectivity index (χ2v) is 7.35. The van der Waals surface area contributed by atoms with Gasteiger partial charge in [0.1, 0.15) is 14.8 Å². The molecular weight excluding hydrogens is 278 g/mol. The average molecular weight is 291 g/mol. The lowest BCUT2D eigenvalue weighted by Crippen LogP contribution is -2.17. The minimum atomic E-state index is -3.21. The number of thiophene rings is 1. The van der Waals surface area contributed by atoms with Crippen LogP contribution in [0.3, 0.4) is 0 Å². The molecule has 0 unspecified atom stereocenters. The summed E-state index contributed by atoms with van der Waals surface area (Å²) in [6.45, 7) is 1.73. The maximum atomic E-state index is 11.5. The van der Waals surface area contributed by atoms with Crippen LogP contribution in [0.2, 0.25) is 0 Å². The number of anilines is 1. The number of nitrogens with one attached hydrogen (secondary N) is 1. The summed E-state index contributed by atoms with van der Waals surface area (Å²) in [6.07, 6.45) is 0.854. The normalized spacial score (nSPS) is 11.2. The van der Waals surface area contributed by atoms with Crippen LogP contribution in [0.5, 0.6) is 0 Å². The molecule has 0 aliphatic heterocycles. The summed E-state index contributed by atoms with van der Waals surface area (Å²) in [4.78, 5) is 23.1. The van der Waals surface area contributed by atoms with E-state index in [1.54, 1.807) is 6.92 Å². The molecule has 0 spiro atoms. The first-order valence-corrected chi connectivity index (χ1v) is 7.88. The number of aryl methyl sites for hydroxylation is 1. The van der Waals surface area contributed by atoms with Crippen LogP contribution in [0.15, 0.2) is 6.07 Å². The van der Waals surface area contributed by atoms with Crippen LogP contribution in [-0.4, -0.2) is 37.4 Å². The molecule has 8 heteroatoms.